The van der Waals surface area contributed by atoms with Gasteiger partial charge >= 0.3 is 0 Å². The smallest absolute Gasteiger partial charge is 0.257 e. The van der Waals surface area contributed by atoms with Crippen LogP contribution in [0.4, 0.5) is 0 Å². The monoisotopic (exact) mass is 397 g/mol. The van der Waals surface area contributed by atoms with Gasteiger partial charge in [0.25, 0.3) is 5.91 Å². The van der Waals surface area contributed by atoms with Crippen molar-refractivity contribution in [2.24, 2.45) is 5.92 Å². The van der Waals surface area contributed by atoms with Crippen molar-refractivity contribution in [1.29, 1.82) is 0 Å². The first-order valence-electron chi connectivity index (χ1n) is 9.74. The maximum Gasteiger partial charge on any atom is 0.257 e. The lowest BCUT2D eigenvalue weighted by atomic mass is 9.88. The van der Waals surface area contributed by atoms with Crippen LogP contribution in [0.3, 0.4) is 0 Å². The lowest BCUT2D eigenvalue weighted by molar-refractivity contribution is 0.0641. The fourth-order valence-electron chi connectivity index (χ4n) is 4.15. The zero-order chi connectivity index (χ0) is 19.9. The number of fused-ring (bicyclic) bond motifs is 1. The molecule has 0 spiro atoms. The molecule has 1 amide bonds. The van der Waals surface area contributed by atoms with E-state index in [9.17, 15) is 9.59 Å². The van der Waals surface area contributed by atoms with E-state index in [2.05, 4.69) is 0 Å². The van der Waals surface area contributed by atoms with E-state index in [1.54, 1.807) is 24.3 Å². The zero-order valence-electron chi connectivity index (χ0n) is 16.2. The predicted octanol–water partition coefficient (Wildman–Crippen LogP) is 4.79. The summed E-state index contributed by atoms with van der Waals surface area (Å²) in [5.74, 6) is 0.792. The van der Waals surface area contributed by atoms with E-state index in [1.807, 2.05) is 36.9 Å². The van der Waals surface area contributed by atoms with Gasteiger partial charge in [-0.25, -0.2) is 0 Å². The number of carbonyl (C=O) groups is 2. The molecule has 4 rings (SSSR count). The maximum absolute atomic E-state index is 13.1. The van der Waals surface area contributed by atoms with E-state index < -0.39 is 0 Å². The molecule has 2 aromatic carbocycles. The molecule has 0 saturated carbocycles. The Labute approximate surface area is 170 Å². The number of hydrogen-bond donors (Lipinski definition) is 0. The summed E-state index contributed by atoms with van der Waals surface area (Å²) in [7, 11) is 0. The van der Waals surface area contributed by atoms with Gasteiger partial charge in [0, 0.05) is 36.0 Å². The van der Waals surface area contributed by atoms with Crippen LogP contribution >= 0.6 is 11.6 Å². The van der Waals surface area contributed by atoms with Crippen LogP contribution < -0.4 is 4.74 Å². The van der Waals surface area contributed by atoms with Crippen molar-refractivity contribution in [3.8, 4) is 5.75 Å². The molecule has 0 aliphatic carbocycles. The van der Waals surface area contributed by atoms with E-state index in [0.29, 0.717) is 42.1 Å². The Kier molecular flexibility index (Phi) is 4.92. The number of ketones is 1. The molecular formula is C23H24ClNO3. The quantitative estimate of drug-likeness (QED) is 0.699. The largest absolute Gasteiger partial charge is 0.486 e. The minimum Gasteiger partial charge on any atom is -0.486 e. The molecule has 1 fully saturated rings. The van der Waals surface area contributed by atoms with Gasteiger partial charge in [-0.05, 0) is 62.6 Å². The third-order valence-corrected chi connectivity index (χ3v) is 5.86. The van der Waals surface area contributed by atoms with Gasteiger partial charge in [-0.3, -0.25) is 9.59 Å². The van der Waals surface area contributed by atoms with Gasteiger partial charge in [0.2, 0.25) is 0 Å². The van der Waals surface area contributed by atoms with Gasteiger partial charge in [-0.1, -0.05) is 23.7 Å². The first-order chi connectivity index (χ1) is 13.3. The van der Waals surface area contributed by atoms with Crippen molar-refractivity contribution in [3.05, 3.63) is 64.2 Å². The fourth-order valence-corrected chi connectivity index (χ4v) is 4.27. The van der Waals surface area contributed by atoms with Gasteiger partial charge < -0.3 is 9.64 Å². The molecule has 28 heavy (non-hydrogen) atoms. The second kappa shape index (κ2) is 7.25. The normalized spacial score (nSPS) is 18.5. The first kappa shape index (κ1) is 19.0. The number of amides is 1. The van der Waals surface area contributed by atoms with Crippen molar-refractivity contribution < 1.29 is 14.3 Å². The van der Waals surface area contributed by atoms with Crippen molar-refractivity contribution in [2.45, 2.75) is 38.7 Å². The van der Waals surface area contributed by atoms with Crippen LogP contribution in [0.2, 0.25) is 5.02 Å². The summed E-state index contributed by atoms with van der Waals surface area (Å²) < 4.78 is 6.05. The molecule has 0 atom stereocenters. The van der Waals surface area contributed by atoms with Gasteiger partial charge in [0.15, 0.2) is 5.78 Å². The molecule has 2 heterocycles. The van der Waals surface area contributed by atoms with Crippen molar-refractivity contribution in [3.63, 3.8) is 0 Å². The summed E-state index contributed by atoms with van der Waals surface area (Å²) in [5, 5.41) is 0.623. The number of rotatable bonds is 3. The highest BCUT2D eigenvalue weighted by atomic mass is 35.5. The average molecular weight is 398 g/mol. The number of likely N-dealkylation sites (tertiary alicyclic amines) is 1. The maximum atomic E-state index is 13.1. The number of halogens is 1. The minimum absolute atomic E-state index is 0.00746. The number of Topliss-reactive ketones (excluding diaryl/α,β-unsaturated/α-hetero) is 1. The number of nitrogens with zero attached hydrogens (tertiary/aromatic N) is 1. The molecule has 2 aliphatic heterocycles. The summed E-state index contributed by atoms with van der Waals surface area (Å²) >= 11 is 5.91. The summed E-state index contributed by atoms with van der Waals surface area (Å²) in [6.07, 6.45) is 2.16. The van der Waals surface area contributed by atoms with E-state index in [4.69, 9.17) is 16.3 Å². The van der Waals surface area contributed by atoms with E-state index in [1.165, 1.54) is 0 Å². The van der Waals surface area contributed by atoms with Gasteiger partial charge in [0.1, 0.15) is 11.4 Å². The van der Waals surface area contributed by atoms with Crippen LogP contribution in [0.1, 0.15) is 53.0 Å². The summed E-state index contributed by atoms with van der Waals surface area (Å²) in [6.45, 7) is 5.23. The van der Waals surface area contributed by atoms with E-state index >= 15 is 0 Å². The molecule has 1 saturated heterocycles. The van der Waals surface area contributed by atoms with Gasteiger partial charge in [0.05, 0.1) is 5.56 Å². The molecule has 2 aromatic rings. The van der Waals surface area contributed by atoms with Crippen LogP contribution in [0.25, 0.3) is 0 Å². The van der Waals surface area contributed by atoms with E-state index in [0.717, 1.165) is 17.7 Å². The Morgan fingerprint density at radius 1 is 1.07 bits per heavy atom. The third kappa shape index (κ3) is 3.66. The molecule has 5 heteroatoms. The van der Waals surface area contributed by atoms with Gasteiger partial charge in [-0.2, -0.15) is 0 Å². The Morgan fingerprint density at radius 3 is 2.43 bits per heavy atom. The minimum atomic E-state index is -0.281. The third-order valence-electron chi connectivity index (χ3n) is 5.60. The lowest BCUT2D eigenvalue weighted by Gasteiger charge is -2.32. The Balaban J connectivity index is 1.44. The van der Waals surface area contributed by atoms with Crippen LogP contribution in [0, 0.1) is 5.92 Å². The fraction of sp³-hybridized carbons (Fsp3) is 0.391. The summed E-state index contributed by atoms with van der Waals surface area (Å²) in [6, 6.07) is 12.8. The average Bonchev–Trinajstić information content (AvgIpc) is 3.01. The number of piperidine rings is 1. The molecule has 4 nitrogen and oxygen atoms in total. The number of carbonyl (C=O) groups excluding carboxylic acids is 2. The van der Waals surface area contributed by atoms with Crippen LogP contribution in [0.5, 0.6) is 5.75 Å². The summed E-state index contributed by atoms with van der Waals surface area (Å²) in [5.41, 5.74) is 2.12. The predicted molar refractivity (Wildman–Crippen MR) is 109 cm³/mol. The molecule has 146 valence electrons. The SMILES string of the molecule is CC1(C)Cc2cccc(C(=O)N3CCC(C(=O)c4ccc(Cl)cc4)CC3)c2O1. The molecule has 0 bridgehead atoms. The number of para-hydroxylation sites is 1. The van der Waals surface area contributed by atoms with Crippen molar-refractivity contribution in [1.82, 2.24) is 4.90 Å². The molecule has 0 N–H and O–H groups in total. The molecule has 0 unspecified atom stereocenters. The van der Waals surface area contributed by atoms with Crippen LogP contribution in [0.15, 0.2) is 42.5 Å². The van der Waals surface area contributed by atoms with Crippen molar-refractivity contribution >= 4 is 23.3 Å². The molecular weight excluding hydrogens is 374 g/mol. The summed E-state index contributed by atoms with van der Waals surface area (Å²) in [4.78, 5) is 27.7. The Bertz CT molecular complexity index is 912. The standard InChI is InChI=1S/C23H24ClNO3/c1-23(2)14-17-4-3-5-19(21(17)28-23)22(27)25-12-10-16(11-13-25)20(26)15-6-8-18(24)9-7-15/h3-9,16H,10-14H2,1-2H3. The van der Waals surface area contributed by atoms with E-state index in [-0.39, 0.29) is 23.2 Å². The van der Waals surface area contributed by atoms with Gasteiger partial charge in [-0.15, -0.1) is 0 Å². The highest BCUT2D eigenvalue weighted by Crippen LogP contribution is 2.38. The van der Waals surface area contributed by atoms with Crippen LogP contribution in [-0.4, -0.2) is 35.3 Å². The Morgan fingerprint density at radius 2 is 1.75 bits per heavy atom. The van der Waals surface area contributed by atoms with Crippen LogP contribution in [-0.2, 0) is 6.42 Å². The lowest BCUT2D eigenvalue weighted by Crippen LogP contribution is -2.40. The Hall–Kier alpha value is -2.33. The first-order valence-corrected chi connectivity index (χ1v) is 10.1. The second-order valence-electron chi connectivity index (χ2n) is 8.27. The zero-order valence-corrected chi connectivity index (χ0v) is 17.0. The highest BCUT2D eigenvalue weighted by molar-refractivity contribution is 6.30. The molecule has 0 aromatic heterocycles. The topological polar surface area (TPSA) is 46.6 Å². The molecule has 2 aliphatic rings. The number of ether oxygens (including phenoxy) is 1. The number of hydrogen-bond acceptors (Lipinski definition) is 3. The number of benzene rings is 2. The van der Waals surface area contributed by atoms with Crippen molar-refractivity contribution in [2.75, 3.05) is 13.1 Å². The second-order valence-corrected chi connectivity index (χ2v) is 8.71. The highest BCUT2D eigenvalue weighted by Gasteiger charge is 2.35. The molecule has 0 radical (unpaired) electrons.